The second-order valence-electron chi connectivity index (χ2n) is 3.86. The standard InChI is InChI=1S/C12H20N6O/c1-4-8-14-10-15-11(17-12(16-10)19-3)18(5-2)9-6-7-13/h4-6,8-9H2,1-3H3,(H,14,15,16,17). The van der Waals surface area contributed by atoms with E-state index in [-0.39, 0.29) is 6.01 Å². The molecule has 104 valence electrons. The fourth-order valence-electron chi connectivity index (χ4n) is 1.48. The Morgan fingerprint density at radius 3 is 2.68 bits per heavy atom. The van der Waals surface area contributed by atoms with Crippen molar-refractivity contribution in [2.24, 2.45) is 0 Å². The SMILES string of the molecule is CCCNc1nc(OC)nc(N(CC)CCC#N)n1. The second-order valence-corrected chi connectivity index (χ2v) is 3.86. The van der Waals surface area contributed by atoms with Gasteiger partial charge < -0.3 is 15.0 Å². The molecular formula is C12H20N6O. The van der Waals surface area contributed by atoms with Gasteiger partial charge in [0.1, 0.15) is 0 Å². The summed E-state index contributed by atoms with van der Waals surface area (Å²) >= 11 is 0. The second kappa shape index (κ2) is 8.08. The molecule has 0 saturated heterocycles. The predicted octanol–water partition coefficient (Wildman–Crippen LogP) is 1.44. The van der Waals surface area contributed by atoms with Crippen LogP contribution in [0.4, 0.5) is 11.9 Å². The van der Waals surface area contributed by atoms with Crippen molar-refractivity contribution in [3.8, 4) is 12.1 Å². The molecule has 0 spiro atoms. The Balaban J connectivity index is 2.93. The first-order chi connectivity index (χ1) is 9.24. The molecule has 1 rings (SSSR count). The molecular weight excluding hydrogens is 244 g/mol. The van der Waals surface area contributed by atoms with Gasteiger partial charge in [-0.1, -0.05) is 6.92 Å². The molecule has 0 fully saturated rings. The number of anilines is 2. The van der Waals surface area contributed by atoms with E-state index < -0.39 is 0 Å². The lowest BCUT2D eigenvalue weighted by Gasteiger charge is -2.20. The molecule has 0 aliphatic heterocycles. The number of nitrogens with zero attached hydrogens (tertiary/aromatic N) is 5. The third kappa shape index (κ3) is 4.58. The van der Waals surface area contributed by atoms with E-state index in [2.05, 4.69) is 33.3 Å². The molecule has 1 heterocycles. The third-order valence-electron chi connectivity index (χ3n) is 2.48. The van der Waals surface area contributed by atoms with Crippen LogP contribution in [0.5, 0.6) is 6.01 Å². The van der Waals surface area contributed by atoms with Crippen LogP contribution >= 0.6 is 0 Å². The third-order valence-corrected chi connectivity index (χ3v) is 2.48. The van der Waals surface area contributed by atoms with Crippen molar-refractivity contribution < 1.29 is 4.74 Å². The number of hydrogen-bond donors (Lipinski definition) is 1. The number of rotatable bonds is 8. The first kappa shape index (κ1) is 15.0. The molecule has 0 unspecified atom stereocenters. The molecule has 1 aromatic rings. The van der Waals surface area contributed by atoms with Gasteiger partial charge in [0.25, 0.3) is 0 Å². The van der Waals surface area contributed by atoms with Crippen LogP contribution in [0.3, 0.4) is 0 Å². The maximum atomic E-state index is 8.66. The zero-order valence-electron chi connectivity index (χ0n) is 11.7. The lowest BCUT2D eigenvalue weighted by Crippen LogP contribution is -2.26. The average molecular weight is 264 g/mol. The maximum absolute atomic E-state index is 8.66. The summed E-state index contributed by atoms with van der Waals surface area (Å²) in [6, 6.07) is 2.40. The maximum Gasteiger partial charge on any atom is 0.322 e. The minimum absolute atomic E-state index is 0.277. The van der Waals surface area contributed by atoms with Gasteiger partial charge in [0.15, 0.2) is 0 Å². The van der Waals surface area contributed by atoms with Crippen molar-refractivity contribution in [2.45, 2.75) is 26.7 Å². The van der Waals surface area contributed by atoms with E-state index in [4.69, 9.17) is 10.00 Å². The van der Waals surface area contributed by atoms with E-state index >= 15 is 0 Å². The topological polar surface area (TPSA) is 87.0 Å². The highest BCUT2D eigenvalue weighted by atomic mass is 16.5. The Labute approximate surface area is 113 Å². The largest absolute Gasteiger partial charge is 0.467 e. The molecule has 0 aliphatic carbocycles. The van der Waals surface area contributed by atoms with Gasteiger partial charge in [0.2, 0.25) is 11.9 Å². The first-order valence-corrected chi connectivity index (χ1v) is 6.41. The van der Waals surface area contributed by atoms with Crippen LogP contribution in [0.15, 0.2) is 0 Å². The van der Waals surface area contributed by atoms with E-state index in [0.717, 1.165) is 19.5 Å². The summed E-state index contributed by atoms with van der Waals surface area (Å²) in [5.74, 6) is 1.03. The van der Waals surface area contributed by atoms with Crippen LogP contribution in [0.2, 0.25) is 0 Å². The Morgan fingerprint density at radius 2 is 2.11 bits per heavy atom. The molecule has 0 aliphatic rings. The number of hydrogen-bond acceptors (Lipinski definition) is 7. The molecule has 19 heavy (non-hydrogen) atoms. The number of ether oxygens (including phenoxy) is 1. The highest BCUT2D eigenvalue weighted by Gasteiger charge is 2.12. The van der Waals surface area contributed by atoms with E-state index in [9.17, 15) is 0 Å². The Morgan fingerprint density at radius 1 is 1.32 bits per heavy atom. The van der Waals surface area contributed by atoms with Gasteiger partial charge >= 0.3 is 6.01 Å². The fourth-order valence-corrected chi connectivity index (χ4v) is 1.48. The number of nitrogens with one attached hydrogen (secondary N) is 1. The molecule has 1 N–H and O–H groups in total. The molecule has 0 atom stereocenters. The van der Waals surface area contributed by atoms with Gasteiger partial charge in [-0.15, -0.1) is 0 Å². The Bertz CT molecular complexity index is 431. The number of aromatic nitrogens is 3. The van der Waals surface area contributed by atoms with Gasteiger partial charge in [0, 0.05) is 19.6 Å². The molecule has 0 aromatic carbocycles. The van der Waals surface area contributed by atoms with E-state index in [1.54, 1.807) is 0 Å². The van der Waals surface area contributed by atoms with Crippen molar-refractivity contribution in [1.82, 2.24) is 15.0 Å². The van der Waals surface area contributed by atoms with Crippen LogP contribution in [0, 0.1) is 11.3 Å². The van der Waals surface area contributed by atoms with Crippen LogP contribution in [-0.4, -0.2) is 41.7 Å². The Kier molecular flexibility index (Phi) is 6.36. The van der Waals surface area contributed by atoms with Crippen molar-refractivity contribution in [2.75, 3.05) is 37.0 Å². The van der Waals surface area contributed by atoms with E-state index in [1.807, 2.05) is 11.8 Å². The van der Waals surface area contributed by atoms with Crippen molar-refractivity contribution in [3.05, 3.63) is 0 Å². The van der Waals surface area contributed by atoms with Crippen LogP contribution in [0.25, 0.3) is 0 Å². The summed E-state index contributed by atoms with van der Waals surface area (Å²) in [5.41, 5.74) is 0. The highest BCUT2D eigenvalue weighted by molar-refractivity contribution is 5.38. The predicted molar refractivity (Wildman–Crippen MR) is 73.3 cm³/mol. The van der Waals surface area contributed by atoms with Crippen molar-refractivity contribution in [3.63, 3.8) is 0 Å². The summed E-state index contributed by atoms with van der Waals surface area (Å²) in [5, 5.41) is 11.8. The number of nitriles is 1. The highest BCUT2D eigenvalue weighted by Crippen LogP contribution is 2.15. The minimum atomic E-state index is 0.277. The van der Waals surface area contributed by atoms with Crippen molar-refractivity contribution in [1.29, 1.82) is 5.26 Å². The number of methoxy groups -OCH3 is 1. The van der Waals surface area contributed by atoms with Crippen LogP contribution in [0.1, 0.15) is 26.7 Å². The molecule has 1 aromatic heterocycles. The summed E-state index contributed by atoms with van der Waals surface area (Å²) in [6.07, 6.45) is 1.41. The van der Waals surface area contributed by atoms with Crippen LogP contribution < -0.4 is 15.0 Å². The quantitative estimate of drug-likeness (QED) is 0.760. The van der Waals surface area contributed by atoms with Gasteiger partial charge in [-0.2, -0.15) is 20.2 Å². The van der Waals surface area contributed by atoms with E-state index in [1.165, 1.54) is 7.11 Å². The molecule has 0 amide bonds. The molecule has 7 nitrogen and oxygen atoms in total. The average Bonchev–Trinajstić information content (AvgIpc) is 2.45. The first-order valence-electron chi connectivity index (χ1n) is 6.41. The minimum Gasteiger partial charge on any atom is -0.467 e. The van der Waals surface area contributed by atoms with Gasteiger partial charge in [-0.05, 0) is 13.3 Å². The Hall–Kier alpha value is -2.10. The molecule has 0 radical (unpaired) electrons. The lowest BCUT2D eigenvalue weighted by atomic mass is 10.4. The van der Waals surface area contributed by atoms with Gasteiger partial charge in [-0.3, -0.25) is 0 Å². The van der Waals surface area contributed by atoms with Crippen molar-refractivity contribution >= 4 is 11.9 Å². The van der Waals surface area contributed by atoms with Crippen LogP contribution in [-0.2, 0) is 0 Å². The van der Waals surface area contributed by atoms with E-state index in [0.29, 0.717) is 24.9 Å². The summed E-state index contributed by atoms with van der Waals surface area (Å²) in [4.78, 5) is 14.6. The van der Waals surface area contributed by atoms with Gasteiger partial charge in [0.05, 0.1) is 19.6 Å². The normalized spacial score (nSPS) is 9.79. The molecule has 0 saturated carbocycles. The monoisotopic (exact) mass is 264 g/mol. The molecule has 0 bridgehead atoms. The van der Waals surface area contributed by atoms with Gasteiger partial charge in [-0.25, -0.2) is 0 Å². The summed E-state index contributed by atoms with van der Waals surface area (Å²) < 4.78 is 5.08. The smallest absolute Gasteiger partial charge is 0.322 e. The summed E-state index contributed by atoms with van der Waals surface area (Å²) in [6.45, 7) is 6.16. The zero-order valence-corrected chi connectivity index (χ0v) is 11.7. The fraction of sp³-hybridized carbons (Fsp3) is 0.667. The summed E-state index contributed by atoms with van der Waals surface area (Å²) in [7, 11) is 1.52. The zero-order chi connectivity index (χ0) is 14.1. The lowest BCUT2D eigenvalue weighted by molar-refractivity contribution is 0.378. The molecule has 7 heteroatoms.